The molecule has 4 nitrogen and oxygen atoms in total. The van der Waals surface area contributed by atoms with Crippen molar-refractivity contribution in [2.45, 2.75) is 0 Å². The number of nitrogens with one attached hydrogen (secondary N) is 1. The van der Waals surface area contributed by atoms with Gasteiger partial charge in [0.1, 0.15) is 5.82 Å². The molecule has 0 aliphatic rings. The number of hydrogen-bond donors (Lipinski definition) is 1. The third-order valence-corrected chi connectivity index (χ3v) is 4.39. The van der Waals surface area contributed by atoms with Gasteiger partial charge >= 0.3 is 0 Å². The first-order chi connectivity index (χ1) is 14.7. The van der Waals surface area contributed by atoms with Crippen LogP contribution in [0.3, 0.4) is 0 Å². The number of benzene rings is 3. The number of oxazole rings is 1. The minimum absolute atomic E-state index is 0.203. The van der Waals surface area contributed by atoms with Crippen molar-refractivity contribution in [2.75, 3.05) is 6.54 Å². The first-order valence-electron chi connectivity index (χ1n) is 9.34. The van der Waals surface area contributed by atoms with E-state index in [1.54, 1.807) is 42.5 Å². The Balaban J connectivity index is 1.52. The van der Waals surface area contributed by atoms with Gasteiger partial charge in [0.2, 0.25) is 5.89 Å². The summed E-state index contributed by atoms with van der Waals surface area (Å²) in [6.07, 6.45) is 1.45. The zero-order valence-electron chi connectivity index (χ0n) is 15.9. The molecule has 30 heavy (non-hydrogen) atoms. The zero-order valence-corrected chi connectivity index (χ0v) is 15.9. The van der Waals surface area contributed by atoms with Gasteiger partial charge in [-0.15, -0.1) is 0 Å². The van der Waals surface area contributed by atoms with Gasteiger partial charge < -0.3 is 9.73 Å². The van der Waals surface area contributed by atoms with Crippen LogP contribution >= 0.6 is 0 Å². The molecule has 5 heteroatoms. The van der Waals surface area contributed by atoms with E-state index in [9.17, 15) is 9.18 Å². The highest BCUT2D eigenvalue weighted by atomic mass is 19.1. The summed E-state index contributed by atoms with van der Waals surface area (Å²) in [5.74, 6) is 5.77. The molecule has 1 amide bonds. The molecule has 0 saturated heterocycles. The average molecular weight is 396 g/mol. The Kier molecular flexibility index (Phi) is 5.68. The zero-order chi connectivity index (χ0) is 20.8. The Bertz CT molecular complexity index is 1240. The lowest BCUT2D eigenvalue weighted by molar-refractivity contribution is 0.0959. The summed E-state index contributed by atoms with van der Waals surface area (Å²) < 4.78 is 19.8. The van der Waals surface area contributed by atoms with E-state index in [0.717, 1.165) is 5.56 Å². The summed E-state index contributed by atoms with van der Waals surface area (Å²) in [5.41, 5.74) is 2.12. The van der Waals surface area contributed by atoms with E-state index >= 15 is 0 Å². The predicted molar refractivity (Wildman–Crippen MR) is 113 cm³/mol. The Labute approximate surface area is 173 Å². The molecule has 1 heterocycles. The lowest BCUT2D eigenvalue weighted by Crippen LogP contribution is -2.24. The maximum Gasteiger partial charge on any atom is 0.252 e. The average Bonchev–Trinajstić information content (AvgIpc) is 3.27. The van der Waals surface area contributed by atoms with E-state index in [0.29, 0.717) is 22.5 Å². The monoisotopic (exact) mass is 396 g/mol. The van der Waals surface area contributed by atoms with Gasteiger partial charge in [0, 0.05) is 11.1 Å². The summed E-state index contributed by atoms with van der Waals surface area (Å²) in [4.78, 5) is 16.9. The fraction of sp³-hybridized carbons (Fsp3) is 0.0400. The molecule has 0 radical (unpaired) electrons. The molecule has 4 aromatic rings. The molecule has 0 aliphatic heterocycles. The Morgan fingerprint density at radius 3 is 2.43 bits per heavy atom. The fourth-order valence-corrected chi connectivity index (χ4v) is 2.94. The van der Waals surface area contributed by atoms with Crippen molar-refractivity contribution < 1.29 is 13.6 Å². The largest absolute Gasteiger partial charge is 0.436 e. The summed E-state index contributed by atoms with van der Waals surface area (Å²) in [6, 6.07) is 22.8. The second kappa shape index (κ2) is 8.89. The van der Waals surface area contributed by atoms with Crippen molar-refractivity contribution in [3.05, 3.63) is 102 Å². The number of nitrogens with zero attached hydrogens (tertiary/aromatic N) is 1. The van der Waals surface area contributed by atoms with Gasteiger partial charge in [-0.2, -0.15) is 0 Å². The van der Waals surface area contributed by atoms with Crippen LogP contribution < -0.4 is 5.32 Å². The molecule has 0 saturated carbocycles. The standard InChI is InChI=1S/C25H17FN2O2/c26-22-15-7-6-14-21(22)23-17-28-25(30-23)20-13-5-4-12-19(20)24(29)27-16-8-11-18-9-2-1-3-10-18/h1-7,9-10,12-15,17H,16H2,(H,27,29). The third kappa shape index (κ3) is 4.29. The second-order valence-electron chi connectivity index (χ2n) is 6.41. The number of carbonyl (C=O) groups is 1. The highest BCUT2D eigenvalue weighted by Gasteiger charge is 2.17. The maximum atomic E-state index is 14.0. The molecule has 3 aromatic carbocycles. The van der Waals surface area contributed by atoms with Gasteiger partial charge in [0.25, 0.3) is 5.91 Å². The number of carbonyl (C=O) groups excluding carboxylic acids is 1. The number of hydrogen-bond acceptors (Lipinski definition) is 3. The molecule has 0 bridgehead atoms. The molecule has 0 fully saturated rings. The molecule has 1 N–H and O–H groups in total. The Hall–Kier alpha value is -4.17. The molecule has 0 unspecified atom stereocenters. The van der Waals surface area contributed by atoms with Gasteiger partial charge in [0.15, 0.2) is 5.76 Å². The van der Waals surface area contributed by atoms with E-state index in [-0.39, 0.29) is 18.3 Å². The third-order valence-electron chi connectivity index (χ3n) is 4.39. The summed E-state index contributed by atoms with van der Waals surface area (Å²) in [6.45, 7) is 0.203. The van der Waals surface area contributed by atoms with Crippen LogP contribution in [-0.4, -0.2) is 17.4 Å². The molecular formula is C25H17FN2O2. The smallest absolute Gasteiger partial charge is 0.252 e. The number of rotatable bonds is 4. The van der Waals surface area contributed by atoms with Crippen molar-refractivity contribution in [1.82, 2.24) is 10.3 Å². The molecular weight excluding hydrogens is 379 g/mol. The van der Waals surface area contributed by atoms with Crippen molar-refractivity contribution in [2.24, 2.45) is 0 Å². The molecule has 1 aromatic heterocycles. The number of halogens is 1. The SMILES string of the molecule is O=C(NCC#Cc1ccccc1)c1ccccc1-c1ncc(-c2ccccc2F)o1. The van der Waals surface area contributed by atoms with Crippen molar-refractivity contribution in [1.29, 1.82) is 0 Å². The van der Waals surface area contributed by atoms with Crippen molar-refractivity contribution in [3.8, 4) is 34.6 Å². The van der Waals surface area contributed by atoms with E-state index in [1.165, 1.54) is 12.3 Å². The van der Waals surface area contributed by atoms with Gasteiger partial charge in [-0.1, -0.05) is 54.3 Å². The highest BCUT2D eigenvalue weighted by Crippen LogP contribution is 2.29. The lowest BCUT2D eigenvalue weighted by atomic mass is 10.1. The maximum absolute atomic E-state index is 14.0. The highest BCUT2D eigenvalue weighted by molar-refractivity contribution is 6.00. The van der Waals surface area contributed by atoms with Gasteiger partial charge in [-0.25, -0.2) is 9.37 Å². The fourth-order valence-electron chi connectivity index (χ4n) is 2.94. The first-order valence-corrected chi connectivity index (χ1v) is 9.34. The Morgan fingerprint density at radius 2 is 1.63 bits per heavy atom. The van der Waals surface area contributed by atoms with Gasteiger partial charge in [0.05, 0.1) is 23.9 Å². The van der Waals surface area contributed by atoms with Gasteiger partial charge in [-0.3, -0.25) is 4.79 Å². The van der Waals surface area contributed by atoms with Crippen LogP contribution in [0, 0.1) is 17.7 Å². The number of aromatic nitrogens is 1. The normalized spacial score (nSPS) is 10.2. The van der Waals surface area contributed by atoms with Crippen LogP contribution in [0.5, 0.6) is 0 Å². The summed E-state index contributed by atoms with van der Waals surface area (Å²) >= 11 is 0. The topological polar surface area (TPSA) is 55.1 Å². The summed E-state index contributed by atoms with van der Waals surface area (Å²) in [7, 11) is 0. The first kappa shape index (κ1) is 19.2. The van der Waals surface area contributed by atoms with E-state index < -0.39 is 5.82 Å². The predicted octanol–water partition coefficient (Wildman–Crippen LogP) is 4.93. The second-order valence-corrected chi connectivity index (χ2v) is 6.41. The van der Waals surface area contributed by atoms with E-state index in [4.69, 9.17) is 4.42 Å². The molecule has 4 rings (SSSR count). The van der Waals surface area contributed by atoms with Crippen LogP contribution in [0.15, 0.2) is 89.5 Å². The molecule has 0 atom stereocenters. The van der Waals surface area contributed by atoms with E-state index in [1.807, 2.05) is 30.3 Å². The summed E-state index contributed by atoms with van der Waals surface area (Å²) in [5, 5.41) is 2.78. The van der Waals surface area contributed by atoms with Crippen molar-refractivity contribution in [3.63, 3.8) is 0 Å². The van der Waals surface area contributed by atoms with Crippen LogP contribution in [0.4, 0.5) is 4.39 Å². The molecule has 0 spiro atoms. The van der Waals surface area contributed by atoms with Crippen LogP contribution in [0.25, 0.3) is 22.8 Å². The molecule has 146 valence electrons. The Morgan fingerprint density at radius 1 is 0.933 bits per heavy atom. The minimum atomic E-state index is -0.400. The van der Waals surface area contributed by atoms with Gasteiger partial charge in [-0.05, 0) is 36.4 Å². The minimum Gasteiger partial charge on any atom is -0.436 e. The van der Waals surface area contributed by atoms with Crippen LogP contribution in [-0.2, 0) is 0 Å². The quantitative estimate of drug-likeness (QED) is 0.498. The van der Waals surface area contributed by atoms with Crippen LogP contribution in [0.2, 0.25) is 0 Å². The van der Waals surface area contributed by atoms with Crippen LogP contribution in [0.1, 0.15) is 15.9 Å². The lowest BCUT2D eigenvalue weighted by Gasteiger charge is -2.06. The van der Waals surface area contributed by atoms with E-state index in [2.05, 4.69) is 22.1 Å². The van der Waals surface area contributed by atoms with Crippen molar-refractivity contribution >= 4 is 5.91 Å². The molecule has 0 aliphatic carbocycles. The number of amides is 1.